The van der Waals surface area contributed by atoms with Gasteiger partial charge in [-0.3, -0.25) is 9.80 Å². The van der Waals surface area contributed by atoms with Gasteiger partial charge in [-0.05, 0) is 31.0 Å². The van der Waals surface area contributed by atoms with Crippen LogP contribution in [0.15, 0.2) is 23.1 Å². The van der Waals surface area contributed by atoms with Gasteiger partial charge in [0.1, 0.15) is 0 Å². The van der Waals surface area contributed by atoms with E-state index in [-0.39, 0.29) is 12.4 Å². The molecular weight excluding hydrogens is 300 g/mol. The van der Waals surface area contributed by atoms with Crippen molar-refractivity contribution in [2.75, 3.05) is 51.6 Å². The molecule has 1 aromatic rings. The fraction of sp³-hybridized carbons (Fsp3) is 0.625. The van der Waals surface area contributed by atoms with Crippen LogP contribution in [0.3, 0.4) is 0 Å². The molecular formula is C16H26N2O3S. The third-order valence-corrected chi connectivity index (χ3v) is 6.07. The molecule has 0 radical (unpaired) electrons. The zero-order chi connectivity index (χ0) is 16.2. The molecule has 0 amide bonds. The van der Waals surface area contributed by atoms with Crippen LogP contribution in [0.5, 0.6) is 0 Å². The van der Waals surface area contributed by atoms with Gasteiger partial charge in [0.25, 0.3) is 0 Å². The van der Waals surface area contributed by atoms with Gasteiger partial charge in [-0.15, -0.1) is 0 Å². The predicted molar refractivity (Wildman–Crippen MR) is 87.9 cm³/mol. The van der Waals surface area contributed by atoms with Gasteiger partial charge in [0.05, 0.1) is 17.3 Å². The van der Waals surface area contributed by atoms with Gasteiger partial charge in [-0.25, -0.2) is 8.42 Å². The molecule has 2 rings (SSSR count). The zero-order valence-corrected chi connectivity index (χ0v) is 14.3. The highest BCUT2D eigenvalue weighted by Gasteiger charge is 2.21. The molecule has 124 valence electrons. The molecule has 1 aromatic carbocycles. The van der Waals surface area contributed by atoms with Crippen LogP contribution in [0.4, 0.5) is 0 Å². The maximum absolute atomic E-state index is 12.5. The zero-order valence-electron chi connectivity index (χ0n) is 13.5. The highest BCUT2D eigenvalue weighted by atomic mass is 32.2. The fourth-order valence-corrected chi connectivity index (χ4v) is 4.42. The van der Waals surface area contributed by atoms with Gasteiger partial charge in [0.2, 0.25) is 0 Å². The van der Waals surface area contributed by atoms with E-state index in [1.165, 1.54) is 0 Å². The Morgan fingerprint density at radius 3 is 2.23 bits per heavy atom. The number of hydrogen-bond acceptors (Lipinski definition) is 5. The summed E-state index contributed by atoms with van der Waals surface area (Å²) >= 11 is 0. The number of nitrogens with zero attached hydrogens (tertiary/aromatic N) is 2. The van der Waals surface area contributed by atoms with Crippen molar-refractivity contribution in [3.63, 3.8) is 0 Å². The molecule has 6 heteroatoms. The SMILES string of the molecule is Cc1ccc(C)c(S(=O)(=O)CCN2CCN(CCO)CC2)c1. The number of rotatable bonds is 6. The number of piperazine rings is 1. The van der Waals surface area contributed by atoms with Crippen LogP contribution in [-0.4, -0.2) is 75.0 Å². The second-order valence-electron chi connectivity index (χ2n) is 5.99. The third kappa shape index (κ3) is 4.52. The molecule has 5 nitrogen and oxygen atoms in total. The first-order valence-corrected chi connectivity index (χ1v) is 9.43. The maximum atomic E-state index is 12.5. The summed E-state index contributed by atoms with van der Waals surface area (Å²) in [6, 6.07) is 5.58. The summed E-state index contributed by atoms with van der Waals surface area (Å²) < 4.78 is 25.1. The van der Waals surface area contributed by atoms with E-state index in [1.807, 2.05) is 26.0 Å². The van der Waals surface area contributed by atoms with Gasteiger partial charge < -0.3 is 5.11 Å². The van der Waals surface area contributed by atoms with Crippen molar-refractivity contribution in [3.05, 3.63) is 29.3 Å². The molecule has 1 saturated heterocycles. The lowest BCUT2D eigenvalue weighted by molar-refractivity contribution is 0.116. The number of benzene rings is 1. The minimum absolute atomic E-state index is 0.164. The van der Waals surface area contributed by atoms with Crippen molar-refractivity contribution >= 4 is 9.84 Å². The second-order valence-corrected chi connectivity index (χ2v) is 8.07. The van der Waals surface area contributed by atoms with Crippen LogP contribution >= 0.6 is 0 Å². The molecule has 0 saturated carbocycles. The van der Waals surface area contributed by atoms with E-state index in [0.29, 0.717) is 18.0 Å². The number of hydrogen-bond donors (Lipinski definition) is 1. The molecule has 0 aromatic heterocycles. The summed E-state index contributed by atoms with van der Waals surface area (Å²) in [5.41, 5.74) is 1.79. The van der Waals surface area contributed by atoms with Crippen LogP contribution in [0, 0.1) is 13.8 Å². The van der Waals surface area contributed by atoms with Crippen LogP contribution < -0.4 is 0 Å². The molecule has 0 bridgehead atoms. The molecule has 22 heavy (non-hydrogen) atoms. The highest BCUT2D eigenvalue weighted by Crippen LogP contribution is 2.18. The summed E-state index contributed by atoms with van der Waals surface area (Å²) in [6.45, 7) is 8.73. The summed E-state index contributed by atoms with van der Waals surface area (Å²) in [7, 11) is -3.23. The van der Waals surface area contributed by atoms with E-state index < -0.39 is 9.84 Å². The topological polar surface area (TPSA) is 60.9 Å². The number of sulfone groups is 1. The molecule has 1 aliphatic heterocycles. The average Bonchev–Trinajstić information content (AvgIpc) is 2.49. The van der Waals surface area contributed by atoms with E-state index in [4.69, 9.17) is 5.11 Å². The number of aryl methyl sites for hydroxylation is 2. The molecule has 1 heterocycles. The van der Waals surface area contributed by atoms with Crippen molar-refractivity contribution in [3.8, 4) is 0 Å². The lowest BCUT2D eigenvalue weighted by atomic mass is 10.2. The molecule has 0 aliphatic carbocycles. The predicted octanol–water partition coefficient (Wildman–Crippen LogP) is 0.687. The number of β-amino-alcohol motifs (C(OH)–C–C–N with tert-alkyl or cyclic N) is 1. The van der Waals surface area contributed by atoms with Crippen molar-refractivity contribution in [1.29, 1.82) is 0 Å². The van der Waals surface area contributed by atoms with Gasteiger partial charge in [0, 0.05) is 39.3 Å². The van der Waals surface area contributed by atoms with E-state index in [1.54, 1.807) is 6.07 Å². The molecule has 0 unspecified atom stereocenters. The van der Waals surface area contributed by atoms with Crippen molar-refractivity contribution in [1.82, 2.24) is 9.80 Å². The minimum atomic E-state index is -3.23. The Morgan fingerprint density at radius 1 is 1.05 bits per heavy atom. The Bertz CT molecular complexity index is 593. The van der Waals surface area contributed by atoms with Crippen molar-refractivity contribution in [2.24, 2.45) is 0 Å². The smallest absolute Gasteiger partial charge is 0.179 e. The van der Waals surface area contributed by atoms with Crippen LogP contribution in [0.1, 0.15) is 11.1 Å². The first-order valence-electron chi connectivity index (χ1n) is 7.78. The Hall–Kier alpha value is -0.950. The molecule has 0 spiro atoms. The average molecular weight is 326 g/mol. The monoisotopic (exact) mass is 326 g/mol. The normalized spacial score (nSPS) is 17.8. The van der Waals surface area contributed by atoms with E-state index in [2.05, 4.69) is 9.80 Å². The third-order valence-electron chi connectivity index (χ3n) is 4.24. The Kier molecular flexibility index (Phi) is 5.97. The van der Waals surface area contributed by atoms with Crippen LogP contribution in [-0.2, 0) is 9.84 Å². The molecule has 1 aliphatic rings. The second kappa shape index (κ2) is 7.55. The fourth-order valence-electron chi connectivity index (χ4n) is 2.78. The van der Waals surface area contributed by atoms with Crippen LogP contribution in [0.25, 0.3) is 0 Å². The summed E-state index contributed by atoms with van der Waals surface area (Å²) in [5.74, 6) is 0.164. The Morgan fingerprint density at radius 2 is 1.64 bits per heavy atom. The van der Waals surface area contributed by atoms with Crippen LogP contribution in [0.2, 0.25) is 0 Å². The van der Waals surface area contributed by atoms with Gasteiger partial charge in [0.15, 0.2) is 9.84 Å². The molecule has 1 fully saturated rings. The largest absolute Gasteiger partial charge is 0.395 e. The lowest BCUT2D eigenvalue weighted by Gasteiger charge is -2.34. The number of aliphatic hydroxyl groups is 1. The minimum Gasteiger partial charge on any atom is -0.395 e. The van der Waals surface area contributed by atoms with Gasteiger partial charge >= 0.3 is 0 Å². The molecule has 1 N–H and O–H groups in total. The lowest BCUT2D eigenvalue weighted by Crippen LogP contribution is -2.48. The standard InChI is InChI=1S/C16H26N2O3S/c1-14-3-4-15(2)16(13-14)22(20,21)12-10-18-7-5-17(6-8-18)9-11-19/h3-4,13,19H,5-12H2,1-2H3. The molecule has 0 atom stereocenters. The van der Waals surface area contributed by atoms with Gasteiger partial charge in [-0.2, -0.15) is 0 Å². The highest BCUT2D eigenvalue weighted by molar-refractivity contribution is 7.91. The Labute approximate surface area is 133 Å². The summed E-state index contributed by atoms with van der Waals surface area (Å²) in [6.07, 6.45) is 0. The summed E-state index contributed by atoms with van der Waals surface area (Å²) in [5, 5.41) is 8.93. The maximum Gasteiger partial charge on any atom is 0.179 e. The number of aliphatic hydroxyl groups excluding tert-OH is 1. The first kappa shape index (κ1) is 17.4. The Balaban J connectivity index is 1.92. The first-order chi connectivity index (χ1) is 10.4. The van der Waals surface area contributed by atoms with E-state index in [0.717, 1.165) is 37.3 Å². The van der Waals surface area contributed by atoms with Gasteiger partial charge in [-0.1, -0.05) is 12.1 Å². The van der Waals surface area contributed by atoms with Crippen molar-refractivity contribution in [2.45, 2.75) is 18.7 Å². The van der Waals surface area contributed by atoms with E-state index in [9.17, 15) is 8.42 Å². The quantitative estimate of drug-likeness (QED) is 0.833. The van der Waals surface area contributed by atoms with Crippen molar-refractivity contribution < 1.29 is 13.5 Å². The van der Waals surface area contributed by atoms with E-state index >= 15 is 0 Å². The summed E-state index contributed by atoms with van der Waals surface area (Å²) in [4.78, 5) is 4.86.